The number of hydrogen-bond donors (Lipinski definition) is 0. The van der Waals surface area contributed by atoms with E-state index in [2.05, 4.69) is 0 Å². The summed E-state index contributed by atoms with van der Waals surface area (Å²) in [5.41, 5.74) is -4.07. The maximum absolute atomic E-state index is 13.2. The summed E-state index contributed by atoms with van der Waals surface area (Å²) in [4.78, 5) is -0.00141. The van der Waals surface area contributed by atoms with Crippen LogP contribution in [0.1, 0.15) is 12.0 Å². The number of thioether (sulfide) groups is 1. The molecule has 0 aromatic heterocycles. The van der Waals surface area contributed by atoms with E-state index >= 15 is 0 Å². The van der Waals surface area contributed by atoms with Crippen LogP contribution < -0.4 is 0 Å². The minimum absolute atomic E-state index is 0.00141. The van der Waals surface area contributed by atoms with Crippen molar-refractivity contribution in [2.24, 2.45) is 0 Å². The summed E-state index contributed by atoms with van der Waals surface area (Å²) in [5.74, 6) is -0.132. The van der Waals surface area contributed by atoms with E-state index < -0.39 is 11.3 Å². The molecule has 0 bridgehead atoms. The Labute approximate surface area is 100.0 Å². The fourth-order valence-electron chi connectivity index (χ4n) is 1.20. The molecule has 90 valence electrons. The smallest absolute Gasteiger partial charge is 0.207 e. The molecule has 0 aliphatic rings. The topological polar surface area (TPSA) is 0 Å². The van der Waals surface area contributed by atoms with Gasteiger partial charge in [-0.2, -0.15) is 13.2 Å². The van der Waals surface area contributed by atoms with E-state index in [9.17, 15) is 17.6 Å². The van der Waals surface area contributed by atoms with Crippen molar-refractivity contribution >= 4 is 23.4 Å². The molecule has 16 heavy (non-hydrogen) atoms. The lowest BCUT2D eigenvalue weighted by molar-refractivity contribution is -0.0328. The van der Waals surface area contributed by atoms with Gasteiger partial charge in [0.05, 0.1) is 0 Å². The monoisotopic (exact) mass is 272 g/mol. The molecular formula is C10H9ClF4S. The van der Waals surface area contributed by atoms with E-state index in [0.717, 1.165) is 12.1 Å². The van der Waals surface area contributed by atoms with Gasteiger partial charge in [-0.15, -0.1) is 11.6 Å². The van der Waals surface area contributed by atoms with E-state index in [1.54, 1.807) is 0 Å². The van der Waals surface area contributed by atoms with Crippen LogP contribution in [0.4, 0.5) is 17.6 Å². The van der Waals surface area contributed by atoms with E-state index in [1.807, 2.05) is 0 Å². The van der Waals surface area contributed by atoms with Crippen LogP contribution in [-0.2, 0) is 6.42 Å². The molecule has 0 N–H and O–H groups in total. The van der Waals surface area contributed by atoms with Gasteiger partial charge < -0.3 is 0 Å². The zero-order valence-corrected chi connectivity index (χ0v) is 9.72. The van der Waals surface area contributed by atoms with Crippen molar-refractivity contribution in [3.8, 4) is 0 Å². The predicted molar refractivity (Wildman–Crippen MR) is 57.4 cm³/mol. The van der Waals surface area contributed by atoms with E-state index in [1.165, 1.54) is 6.07 Å². The van der Waals surface area contributed by atoms with Gasteiger partial charge in [-0.1, -0.05) is 0 Å². The average Bonchev–Trinajstić information content (AvgIpc) is 2.17. The second-order valence-electron chi connectivity index (χ2n) is 3.09. The summed E-state index contributed by atoms with van der Waals surface area (Å²) in [7, 11) is 0. The number of alkyl halides is 4. The highest BCUT2D eigenvalue weighted by Crippen LogP contribution is 2.37. The first-order chi connectivity index (χ1) is 7.42. The first-order valence-electron chi connectivity index (χ1n) is 4.52. The van der Waals surface area contributed by atoms with Crippen molar-refractivity contribution in [1.82, 2.24) is 0 Å². The molecule has 0 heterocycles. The Balaban J connectivity index is 2.81. The van der Waals surface area contributed by atoms with Crippen LogP contribution in [-0.4, -0.2) is 11.4 Å². The first kappa shape index (κ1) is 13.6. The van der Waals surface area contributed by atoms with Crippen molar-refractivity contribution in [3.05, 3.63) is 29.6 Å². The lowest BCUT2D eigenvalue weighted by Gasteiger charge is -2.08. The maximum atomic E-state index is 13.2. The van der Waals surface area contributed by atoms with Gasteiger partial charge in [0, 0.05) is 10.8 Å². The SMILES string of the molecule is Fc1ccc(SC(F)(F)F)cc1CCCCl. The number of hydrogen-bond acceptors (Lipinski definition) is 1. The molecule has 0 radical (unpaired) electrons. The second-order valence-corrected chi connectivity index (χ2v) is 4.61. The van der Waals surface area contributed by atoms with Gasteiger partial charge in [0.1, 0.15) is 5.82 Å². The molecule has 0 amide bonds. The molecule has 0 spiro atoms. The molecular weight excluding hydrogens is 264 g/mol. The van der Waals surface area contributed by atoms with Crippen molar-refractivity contribution in [3.63, 3.8) is 0 Å². The van der Waals surface area contributed by atoms with Crippen molar-refractivity contribution in [2.75, 3.05) is 5.88 Å². The lowest BCUT2D eigenvalue weighted by Crippen LogP contribution is -2.00. The van der Waals surface area contributed by atoms with Gasteiger partial charge in [0.15, 0.2) is 0 Å². The van der Waals surface area contributed by atoms with Gasteiger partial charge >= 0.3 is 5.51 Å². The van der Waals surface area contributed by atoms with Gasteiger partial charge in [-0.05, 0) is 48.4 Å². The lowest BCUT2D eigenvalue weighted by atomic mass is 10.1. The summed E-state index contributed by atoms with van der Waals surface area (Å²) < 4.78 is 49.4. The van der Waals surface area contributed by atoms with Crippen LogP contribution in [0.2, 0.25) is 0 Å². The van der Waals surface area contributed by atoms with E-state index in [4.69, 9.17) is 11.6 Å². The van der Waals surface area contributed by atoms with Crippen molar-refractivity contribution in [2.45, 2.75) is 23.2 Å². The highest BCUT2D eigenvalue weighted by molar-refractivity contribution is 8.00. The van der Waals surface area contributed by atoms with Crippen LogP contribution in [0, 0.1) is 5.82 Å². The van der Waals surface area contributed by atoms with Crippen LogP contribution in [0.15, 0.2) is 23.1 Å². The van der Waals surface area contributed by atoms with Crippen molar-refractivity contribution < 1.29 is 17.6 Å². The summed E-state index contributed by atoms with van der Waals surface area (Å²) in [6.45, 7) is 0. The average molecular weight is 273 g/mol. The quantitative estimate of drug-likeness (QED) is 0.438. The van der Waals surface area contributed by atoms with Gasteiger partial charge in [0.2, 0.25) is 0 Å². The normalized spacial score (nSPS) is 11.8. The van der Waals surface area contributed by atoms with Crippen molar-refractivity contribution in [1.29, 1.82) is 0 Å². The van der Waals surface area contributed by atoms with Crippen LogP contribution in [0.5, 0.6) is 0 Å². The Hall–Kier alpha value is -0.420. The summed E-state index contributed by atoms with van der Waals surface area (Å²) in [6, 6.07) is 3.40. The van der Waals surface area contributed by atoms with Crippen LogP contribution in [0.25, 0.3) is 0 Å². The first-order valence-corrected chi connectivity index (χ1v) is 5.87. The molecule has 0 nitrogen and oxygen atoms in total. The fourth-order valence-corrected chi connectivity index (χ4v) is 1.94. The summed E-state index contributed by atoms with van der Waals surface area (Å²) in [6.07, 6.45) is 0.889. The summed E-state index contributed by atoms with van der Waals surface area (Å²) >= 11 is 5.20. The Morgan fingerprint density at radius 3 is 2.50 bits per heavy atom. The zero-order valence-electron chi connectivity index (χ0n) is 8.15. The van der Waals surface area contributed by atoms with E-state index in [0.29, 0.717) is 18.7 Å². The number of rotatable bonds is 4. The molecule has 0 atom stereocenters. The Morgan fingerprint density at radius 1 is 1.25 bits per heavy atom. The van der Waals surface area contributed by atoms with Gasteiger partial charge in [0.25, 0.3) is 0 Å². The van der Waals surface area contributed by atoms with Gasteiger partial charge in [-0.3, -0.25) is 0 Å². The molecule has 0 fully saturated rings. The Kier molecular flexibility index (Phi) is 4.92. The standard InChI is InChI=1S/C10H9ClF4S/c11-5-1-2-7-6-8(3-4-9(7)12)16-10(13,14)15/h3-4,6H,1-2,5H2. The number of halogens is 5. The highest BCUT2D eigenvalue weighted by Gasteiger charge is 2.29. The minimum Gasteiger partial charge on any atom is -0.207 e. The predicted octanol–water partition coefficient (Wildman–Crippen LogP) is 4.61. The number of aryl methyl sites for hydroxylation is 1. The molecule has 0 saturated carbocycles. The Bertz CT molecular complexity index is 351. The van der Waals surface area contributed by atoms with Gasteiger partial charge in [-0.25, -0.2) is 4.39 Å². The molecule has 0 aliphatic heterocycles. The molecule has 6 heteroatoms. The highest BCUT2D eigenvalue weighted by atomic mass is 35.5. The summed E-state index contributed by atoms with van der Waals surface area (Å²) in [5, 5.41) is 0. The fraction of sp³-hybridized carbons (Fsp3) is 0.400. The molecule has 0 saturated heterocycles. The molecule has 0 aliphatic carbocycles. The molecule has 0 unspecified atom stereocenters. The number of benzene rings is 1. The van der Waals surface area contributed by atoms with E-state index in [-0.39, 0.29) is 22.2 Å². The van der Waals surface area contributed by atoms with Crippen LogP contribution >= 0.6 is 23.4 Å². The molecule has 1 aromatic rings. The Morgan fingerprint density at radius 2 is 1.94 bits per heavy atom. The third kappa shape index (κ3) is 4.61. The maximum Gasteiger partial charge on any atom is 0.446 e. The van der Waals surface area contributed by atoms with Crippen LogP contribution in [0.3, 0.4) is 0 Å². The zero-order chi connectivity index (χ0) is 12.2. The third-order valence-electron chi connectivity index (χ3n) is 1.83. The molecule has 1 rings (SSSR count). The second kappa shape index (κ2) is 5.77. The minimum atomic E-state index is -4.35. The molecule has 1 aromatic carbocycles. The largest absolute Gasteiger partial charge is 0.446 e. The third-order valence-corrected chi connectivity index (χ3v) is 2.82.